The molecule has 2 aliphatic heterocycles. The Hall–Kier alpha value is -4.35. The van der Waals surface area contributed by atoms with Gasteiger partial charge in [-0.15, -0.1) is 0 Å². The van der Waals surface area contributed by atoms with E-state index >= 15 is 0 Å². The van der Waals surface area contributed by atoms with Crippen molar-refractivity contribution >= 4 is 35.1 Å². The topological polar surface area (TPSA) is 108 Å². The van der Waals surface area contributed by atoms with E-state index in [1.54, 1.807) is 11.1 Å². The van der Waals surface area contributed by atoms with Crippen molar-refractivity contribution in [3.63, 3.8) is 0 Å². The first-order valence-electron chi connectivity index (χ1n) is 15.2. The summed E-state index contributed by atoms with van der Waals surface area (Å²) < 4.78 is 11.8. The maximum atomic E-state index is 13.5. The molecule has 0 atom stereocenters. The molecule has 0 bridgehead atoms. The molecule has 3 heterocycles. The van der Waals surface area contributed by atoms with Crippen molar-refractivity contribution in [2.45, 2.75) is 39.8 Å². The summed E-state index contributed by atoms with van der Waals surface area (Å²) in [7, 11) is 3.65. The van der Waals surface area contributed by atoms with Gasteiger partial charge in [-0.2, -0.15) is 0 Å². The third-order valence-electron chi connectivity index (χ3n) is 8.39. The lowest BCUT2D eigenvalue weighted by Gasteiger charge is -2.34. The maximum absolute atomic E-state index is 13.5. The van der Waals surface area contributed by atoms with E-state index in [-0.39, 0.29) is 38.2 Å². The maximum Gasteiger partial charge on any atom is 0.418 e. The Labute approximate surface area is 258 Å². The molecule has 1 aromatic heterocycles. The number of methoxy groups -OCH3 is 1. The summed E-state index contributed by atoms with van der Waals surface area (Å²) in [6, 6.07) is 13.3. The standard InChI is InChI=1S/C33H42N6O5/c1-5-23-8-7-9-24(6-2)30(23)35-32(41)38-20-27-28(21-39(29(27)22-38)33(42)44-19-18-43-4)34-31(40)25-10-12-26(13-11-25)37-16-14-36(3)15-17-37/h7-13,21H,5-6,14-20,22H2,1-4H3,(H,34,40)(H,35,41). The summed E-state index contributed by atoms with van der Waals surface area (Å²) in [5, 5.41) is 6.09. The predicted octanol–water partition coefficient (Wildman–Crippen LogP) is 4.80. The molecule has 44 heavy (non-hydrogen) atoms. The SMILES string of the molecule is CCc1cccc(CC)c1NC(=O)N1Cc2c(NC(=O)c3ccc(N4CCN(C)CC4)cc3)cn(C(=O)OCCOC)c2C1. The number of amides is 3. The number of para-hydroxylation sites is 1. The number of carbonyl (C=O) groups is 3. The smallest absolute Gasteiger partial charge is 0.418 e. The number of urea groups is 1. The van der Waals surface area contributed by atoms with Gasteiger partial charge in [-0.3, -0.25) is 9.36 Å². The first-order chi connectivity index (χ1) is 21.3. The molecule has 234 valence electrons. The Morgan fingerprint density at radius 1 is 0.864 bits per heavy atom. The quantitative estimate of drug-likeness (QED) is 0.339. The van der Waals surface area contributed by atoms with Gasteiger partial charge >= 0.3 is 12.1 Å². The van der Waals surface area contributed by atoms with Crippen LogP contribution in [0.3, 0.4) is 0 Å². The first-order valence-corrected chi connectivity index (χ1v) is 15.2. The minimum absolute atomic E-state index is 0.0848. The van der Waals surface area contributed by atoms with Crippen molar-refractivity contribution in [2.75, 3.05) is 69.1 Å². The van der Waals surface area contributed by atoms with Crippen LogP contribution in [0.25, 0.3) is 0 Å². The molecule has 11 heteroatoms. The molecule has 5 rings (SSSR count). The van der Waals surface area contributed by atoms with Crippen LogP contribution in [-0.2, 0) is 35.4 Å². The van der Waals surface area contributed by atoms with Crippen molar-refractivity contribution in [2.24, 2.45) is 0 Å². The second kappa shape index (κ2) is 14.0. The Bertz CT molecular complexity index is 1470. The molecule has 2 aromatic carbocycles. The fraction of sp³-hybridized carbons (Fsp3) is 0.424. The van der Waals surface area contributed by atoms with Crippen LogP contribution in [0, 0.1) is 0 Å². The zero-order valence-corrected chi connectivity index (χ0v) is 26.0. The van der Waals surface area contributed by atoms with Crippen LogP contribution in [0.15, 0.2) is 48.7 Å². The molecule has 0 unspecified atom stereocenters. The van der Waals surface area contributed by atoms with Crippen LogP contribution in [0.2, 0.25) is 0 Å². The summed E-state index contributed by atoms with van der Waals surface area (Å²) in [6.07, 6.45) is 2.55. The van der Waals surface area contributed by atoms with Gasteiger partial charge in [0.1, 0.15) is 6.61 Å². The Balaban J connectivity index is 1.34. The van der Waals surface area contributed by atoms with Crippen LogP contribution in [0.1, 0.15) is 46.6 Å². The van der Waals surface area contributed by atoms with Crippen LogP contribution in [0.4, 0.5) is 26.7 Å². The summed E-state index contributed by atoms with van der Waals surface area (Å²) in [5.74, 6) is -0.296. The van der Waals surface area contributed by atoms with Gasteiger partial charge in [0.15, 0.2) is 0 Å². The van der Waals surface area contributed by atoms with Gasteiger partial charge in [-0.25, -0.2) is 9.59 Å². The van der Waals surface area contributed by atoms with E-state index in [2.05, 4.69) is 41.3 Å². The van der Waals surface area contributed by atoms with Gasteiger partial charge in [0.2, 0.25) is 0 Å². The molecule has 2 N–H and O–H groups in total. The monoisotopic (exact) mass is 602 g/mol. The fourth-order valence-electron chi connectivity index (χ4n) is 5.73. The van der Waals surface area contributed by atoms with E-state index in [0.29, 0.717) is 22.5 Å². The van der Waals surface area contributed by atoms with Crippen molar-refractivity contribution in [3.8, 4) is 0 Å². The van der Waals surface area contributed by atoms with Gasteiger partial charge in [-0.05, 0) is 55.3 Å². The summed E-state index contributed by atoms with van der Waals surface area (Å²) in [6.45, 7) is 8.75. The molecule has 0 aliphatic carbocycles. The number of likely N-dealkylation sites (N-methyl/N-ethyl adjacent to an activating group) is 1. The average molecular weight is 603 g/mol. The second-order valence-corrected chi connectivity index (χ2v) is 11.2. The molecule has 11 nitrogen and oxygen atoms in total. The Morgan fingerprint density at radius 2 is 1.55 bits per heavy atom. The Morgan fingerprint density at radius 3 is 2.18 bits per heavy atom. The van der Waals surface area contributed by atoms with E-state index in [0.717, 1.165) is 61.5 Å². The number of hydrogen-bond acceptors (Lipinski definition) is 7. The number of fused-ring (bicyclic) bond motifs is 1. The number of aromatic nitrogens is 1. The lowest BCUT2D eigenvalue weighted by molar-refractivity contribution is 0.0987. The number of aryl methyl sites for hydroxylation is 2. The number of carbonyl (C=O) groups excluding carboxylic acids is 3. The number of nitrogens with zero attached hydrogens (tertiary/aromatic N) is 4. The van der Waals surface area contributed by atoms with Crippen molar-refractivity contribution in [1.82, 2.24) is 14.4 Å². The highest BCUT2D eigenvalue weighted by Crippen LogP contribution is 2.33. The Kier molecular flexibility index (Phi) is 9.86. The minimum atomic E-state index is -0.595. The second-order valence-electron chi connectivity index (χ2n) is 11.2. The largest absolute Gasteiger partial charge is 0.446 e. The highest BCUT2D eigenvalue weighted by Gasteiger charge is 2.33. The number of benzene rings is 2. The minimum Gasteiger partial charge on any atom is -0.446 e. The molecule has 3 amide bonds. The molecule has 0 radical (unpaired) electrons. The van der Waals surface area contributed by atoms with E-state index in [1.165, 1.54) is 11.7 Å². The molecule has 1 fully saturated rings. The number of piperazine rings is 1. The zero-order chi connectivity index (χ0) is 31.2. The number of rotatable bonds is 9. The molecular weight excluding hydrogens is 560 g/mol. The van der Waals surface area contributed by atoms with Crippen molar-refractivity contribution in [3.05, 3.63) is 76.6 Å². The van der Waals surface area contributed by atoms with E-state index < -0.39 is 6.09 Å². The highest BCUT2D eigenvalue weighted by atomic mass is 16.6. The third-order valence-corrected chi connectivity index (χ3v) is 8.39. The zero-order valence-electron chi connectivity index (χ0n) is 26.0. The molecule has 2 aliphatic rings. The number of nitrogens with one attached hydrogen (secondary N) is 2. The summed E-state index contributed by atoms with van der Waals surface area (Å²) in [5.41, 5.74) is 6.30. The van der Waals surface area contributed by atoms with Crippen LogP contribution < -0.4 is 15.5 Å². The van der Waals surface area contributed by atoms with E-state index in [4.69, 9.17) is 9.47 Å². The van der Waals surface area contributed by atoms with Gasteiger partial charge < -0.3 is 34.8 Å². The molecule has 3 aromatic rings. The molecular formula is C33H42N6O5. The molecule has 0 saturated carbocycles. The van der Waals surface area contributed by atoms with Gasteiger partial charge in [0.05, 0.1) is 31.1 Å². The summed E-state index contributed by atoms with van der Waals surface area (Å²) >= 11 is 0. The number of hydrogen-bond donors (Lipinski definition) is 2. The van der Waals surface area contributed by atoms with Crippen LogP contribution in [0.5, 0.6) is 0 Å². The predicted molar refractivity (Wildman–Crippen MR) is 171 cm³/mol. The van der Waals surface area contributed by atoms with E-state index in [9.17, 15) is 14.4 Å². The third kappa shape index (κ3) is 6.74. The van der Waals surface area contributed by atoms with Gasteiger partial charge in [0, 0.05) is 62.0 Å². The number of ether oxygens (including phenoxy) is 2. The molecule has 1 saturated heterocycles. The van der Waals surface area contributed by atoms with Gasteiger partial charge in [-0.1, -0.05) is 32.0 Å². The fourth-order valence-corrected chi connectivity index (χ4v) is 5.73. The number of anilines is 3. The van der Waals surface area contributed by atoms with E-state index in [1.807, 2.05) is 42.5 Å². The normalized spacial score (nSPS) is 14.8. The summed E-state index contributed by atoms with van der Waals surface area (Å²) in [4.78, 5) is 46.2. The highest BCUT2D eigenvalue weighted by molar-refractivity contribution is 6.05. The molecule has 0 spiro atoms. The lowest BCUT2D eigenvalue weighted by atomic mass is 10.0. The van der Waals surface area contributed by atoms with Crippen molar-refractivity contribution < 1.29 is 23.9 Å². The first kappa shape index (κ1) is 31.1. The van der Waals surface area contributed by atoms with Crippen molar-refractivity contribution in [1.29, 1.82) is 0 Å². The van der Waals surface area contributed by atoms with Crippen LogP contribution in [-0.4, -0.2) is 85.9 Å². The lowest BCUT2D eigenvalue weighted by Crippen LogP contribution is -2.44. The van der Waals surface area contributed by atoms with Crippen LogP contribution >= 0.6 is 0 Å². The average Bonchev–Trinajstić information content (AvgIpc) is 3.62. The van der Waals surface area contributed by atoms with Gasteiger partial charge in [0.25, 0.3) is 5.91 Å².